The van der Waals surface area contributed by atoms with Gasteiger partial charge in [0.2, 0.25) is 0 Å². The second-order valence-electron chi connectivity index (χ2n) is 5.99. The summed E-state index contributed by atoms with van der Waals surface area (Å²) >= 11 is 11.7. The summed E-state index contributed by atoms with van der Waals surface area (Å²) in [4.78, 5) is 22.6. The summed E-state index contributed by atoms with van der Waals surface area (Å²) in [5, 5.41) is 13.7. The van der Waals surface area contributed by atoms with Crippen LogP contribution in [0.1, 0.15) is 10.4 Å². The van der Waals surface area contributed by atoms with Crippen LogP contribution in [-0.4, -0.2) is 19.2 Å². The average molecular weight is 466 g/mol. The maximum atomic E-state index is 12.8. The summed E-state index contributed by atoms with van der Waals surface area (Å²) in [5.74, 6) is -0.594. The van der Waals surface area contributed by atoms with E-state index in [-0.39, 0.29) is 26.2 Å². The molecule has 0 bridgehead atoms. The first-order valence-corrected chi connectivity index (χ1v) is 10.5. The largest absolute Gasteiger partial charge is 0.322 e. The lowest BCUT2D eigenvalue weighted by Gasteiger charge is -2.13. The third kappa shape index (κ3) is 4.88. The molecule has 0 aliphatic heterocycles. The predicted octanol–water partition coefficient (Wildman–Crippen LogP) is 4.95. The third-order valence-electron chi connectivity index (χ3n) is 3.93. The van der Waals surface area contributed by atoms with Crippen LogP contribution in [0.15, 0.2) is 71.6 Å². The van der Waals surface area contributed by atoms with Gasteiger partial charge in [0, 0.05) is 16.8 Å². The quantitative estimate of drug-likeness (QED) is 0.394. The summed E-state index contributed by atoms with van der Waals surface area (Å²) in [6, 6.07) is 15.7. The van der Waals surface area contributed by atoms with E-state index in [1.54, 1.807) is 30.3 Å². The lowest BCUT2D eigenvalue weighted by atomic mass is 10.1. The van der Waals surface area contributed by atoms with E-state index in [9.17, 15) is 23.3 Å². The van der Waals surface area contributed by atoms with Crippen molar-refractivity contribution in [3.8, 4) is 0 Å². The number of hydrogen-bond acceptors (Lipinski definition) is 5. The molecule has 0 radical (unpaired) electrons. The fraction of sp³-hybridized carbons (Fsp3) is 0. The van der Waals surface area contributed by atoms with Crippen LogP contribution in [-0.2, 0) is 10.0 Å². The standard InChI is InChI=1S/C19H13Cl2N3O5S/c20-12-6-9-17(15(10-12)19(25)22-13-4-2-1-3-5-13)23-30(28,29)14-7-8-16(21)18(11-14)24(26)27/h1-11,23H,(H,22,25). The van der Waals surface area contributed by atoms with Crippen molar-refractivity contribution in [2.75, 3.05) is 10.0 Å². The molecule has 0 spiro atoms. The average Bonchev–Trinajstić information content (AvgIpc) is 2.70. The van der Waals surface area contributed by atoms with E-state index in [0.29, 0.717) is 5.69 Å². The van der Waals surface area contributed by atoms with Gasteiger partial charge in [-0.2, -0.15) is 0 Å². The lowest BCUT2D eigenvalue weighted by Crippen LogP contribution is -2.19. The van der Waals surface area contributed by atoms with Gasteiger partial charge in [0.25, 0.3) is 21.6 Å². The zero-order chi connectivity index (χ0) is 21.9. The topological polar surface area (TPSA) is 118 Å². The molecule has 30 heavy (non-hydrogen) atoms. The molecule has 3 aromatic carbocycles. The number of nitrogens with zero attached hydrogens (tertiary/aromatic N) is 1. The van der Waals surface area contributed by atoms with Gasteiger partial charge in [0.15, 0.2) is 0 Å². The number of carbonyl (C=O) groups excluding carboxylic acids is 1. The number of benzene rings is 3. The Balaban J connectivity index is 1.96. The molecular formula is C19H13Cl2N3O5S. The molecule has 154 valence electrons. The zero-order valence-electron chi connectivity index (χ0n) is 15.0. The molecule has 0 heterocycles. The van der Waals surface area contributed by atoms with Gasteiger partial charge in [0.1, 0.15) is 5.02 Å². The lowest BCUT2D eigenvalue weighted by molar-refractivity contribution is -0.384. The number of nitrogens with one attached hydrogen (secondary N) is 2. The molecule has 0 saturated carbocycles. The molecule has 2 N–H and O–H groups in total. The summed E-state index contributed by atoms with van der Waals surface area (Å²) in [6.07, 6.45) is 0. The molecule has 11 heteroatoms. The minimum absolute atomic E-state index is 0.0293. The Kier molecular flexibility index (Phi) is 6.25. The minimum atomic E-state index is -4.26. The zero-order valence-corrected chi connectivity index (χ0v) is 17.3. The SMILES string of the molecule is O=C(Nc1ccccc1)c1cc(Cl)ccc1NS(=O)(=O)c1ccc(Cl)c([N+](=O)[O-])c1. The van der Waals surface area contributed by atoms with Crippen molar-refractivity contribution in [1.82, 2.24) is 0 Å². The molecule has 0 atom stereocenters. The van der Waals surface area contributed by atoms with Gasteiger partial charge < -0.3 is 5.32 Å². The monoisotopic (exact) mass is 465 g/mol. The maximum Gasteiger partial charge on any atom is 0.289 e. The number of para-hydroxylation sites is 1. The molecule has 0 fully saturated rings. The smallest absolute Gasteiger partial charge is 0.289 e. The van der Waals surface area contributed by atoms with E-state index in [0.717, 1.165) is 18.2 Å². The first-order valence-electron chi connectivity index (χ1n) is 8.30. The summed E-state index contributed by atoms with van der Waals surface area (Å²) in [5.41, 5.74) is -0.133. The van der Waals surface area contributed by atoms with Crippen molar-refractivity contribution in [1.29, 1.82) is 0 Å². The van der Waals surface area contributed by atoms with Gasteiger partial charge in [-0.05, 0) is 42.5 Å². The van der Waals surface area contributed by atoms with Crippen molar-refractivity contribution < 1.29 is 18.1 Å². The highest BCUT2D eigenvalue weighted by Gasteiger charge is 2.23. The maximum absolute atomic E-state index is 12.8. The highest BCUT2D eigenvalue weighted by atomic mass is 35.5. The molecule has 0 unspecified atom stereocenters. The van der Waals surface area contributed by atoms with Gasteiger partial charge in [0.05, 0.1) is 21.1 Å². The van der Waals surface area contributed by atoms with E-state index in [2.05, 4.69) is 10.0 Å². The van der Waals surface area contributed by atoms with Crippen LogP contribution in [0, 0.1) is 10.1 Å². The first-order chi connectivity index (χ1) is 14.2. The Hall–Kier alpha value is -3.14. The number of carbonyl (C=O) groups is 1. The van der Waals surface area contributed by atoms with Crippen molar-refractivity contribution in [2.24, 2.45) is 0 Å². The van der Waals surface area contributed by atoms with Crippen molar-refractivity contribution >= 4 is 56.2 Å². The van der Waals surface area contributed by atoms with E-state index in [4.69, 9.17) is 23.2 Å². The van der Waals surface area contributed by atoms with Crippen molar-refractivity contribution in [3.63, 3.8) is 0 Å². The third-order valence-corrected chi connectivity index (χ3v) is 5.84. The number of nitro groups is 1. The molecule has 0 aromatic heterocycles. The number of nitro benzene ring substituents is 1. The van der Waals surface area contributed by atoms with Crippen LogP contribution in [0.2, 0.25) is 10.0 Å². The fourth-order valence-electron chi connectivity index (χ4n) is 2.52. The molecule has 0 aliphatic rings. The molecule has 1 amide bonds. The minimum Gasteiger partial charge on any atom is -0.322 e. The number of anilines is 2. The summed E-state index contributed by atoms with van der Waals surface area (Å²) in [6.45, 7) is 0. The Morgan fingerprint density at radius 1 is 0.967 bits per heavy atom. The number of hydrogen-bond donors (Lipinski definition) is 2. The Morgan fingerprint density at radius 3 is 2.33 bits per heavy atom. The molecule has 0 aliphatic carbocycles. The molecule has 8 nitrogen and oxygen atoms in total. The Morgan fingerprint density at radius 2 is 1.67 bits per heavy atom. The van der Waals surface area contributed by atoms with Gasteiger partial charge in [-0.15, -0.1) is 0 Å². The summed E-state index contributed by atoms with van der Waals surface area (Å²) in [7, 11) is -4.26. The predicted molar refractivity (Wildman–Crippen MR) is 115 cm³/mol. The number of sulfonamides is 1. The summed E-state index contributed by atoms with van der Waals surface area (Å²) < 4.78 is 27.8. The molecular weight excluding hydrogens is 453 g/mol. The number of halogens is 2. The van der Waals surface area contributed by atoms with Gasteiger partial charge >= 0.3 is 0 Å². The van der Waals surface area contributed by atoms with Crippen molar-refractivity contribution in [3.05, 3.63) is 92.5 Å². The van der Waals surface area contributed by atoms with Gasteiger partial charge in [-0.3, -0.25) is 19.6 Å². The Bertz CT molecular complexity index is 1230. The number of amides is 1. The number of rotatable bonds is 6. The normalized spacial score (nSPS) is 11.0. The fourth-order valence-corrected chi connectivity index (χ4v) is 3.97. The van der Waals surface area contributed by atoms with Crippen LogP contribution in [0.3, 0.4) is 0 Å². The highest BCUT2D eigenvalue weighted by molar-refractivity contribution is 7.92. The second-order valence-corrected chi connectivity index (χ2v) is 8.51. The van der Waals surface area contributed by atoms with E-state index in [1.807, 2.05) is 0 Å². The first kappa shape index (κ1) is 21.6. The van der Waals surface area contributed by atoms with Crippen LogP contribution in [0.25, 0.3) is 0 Å². The van der Waals surface area contributed by atoms with E-state index in [1.165, 1.54) is 18.2 Å². The van der Waals surface area contributed by atoms with Crippen LogP contribution < -0.4 is 10.0 Å². The highest BCUT2D eigenvalue weighted by Crippen LogP contribution is 2.29. The second kappa shape index (κ2) is 8.70. The van der Waals surface area contributed by atoms with Crippen LogP contribution >= 0.6 is 23.2 Å². The van der Waals surface area contributed by atoms with Gasteiger partial charge in [-0.25, -0.2) is 8.42 Å². The van der Waals surface area contributed by atoms with E-state index < -0.39 is 26.5 Å². The van der Waals surface area contributed by atoms with Crippen LogP contribution in [0.5, 0.6) is 0 Å². The van der Waals surface area contributed by atoms with E-state index >= 15 is 0 Å². The van der Waals surface area contributed by atoms with Crippen molar-refractivity contribution in [2.45, 2.75) is 4.90 Å². The molecule has 3 rings (SSSR count). The molecule has 3 aromatic rings. The van der Waals surface area contributed by atoms with Gasteiger partial charge in [-0.1, -0.05) is 41.4 Å². The Labute approximate surface area is 181 Å². The van der Waals surface area contributed by atoms with Crippen LogP contribution in [0.4, 0.5) is 17.1 Å². The molecule has 0 saturated heterocycles.